The third kappa shape index (κ3) is 3.05. The molecule has 5 heteroatoms. The fraction of sp³-hybridized carbons (Fsp3) is 0.778. The molecular weight excluding hydrogens is 181 g/mol. The number of carbonyl (C=O) groups is 2. The highest BCUT2D eigenvalue weighted by atomic mass is 16.4. The van der Waals surface area contributed by atoms with Crippen LogP contribution in [-0.4, -0.2) is 35.8 Å². The molecule has 0 aliphatic carbocycles. The van der Waals surface area contributed by atoms with E-state index in [9.17, 15) is 9.59 Å². The summed E-state index contributed by atoms with van der Waals surface area (Å²) in [6.07, 6.45) is 3.70. The highest BCUT2D eigenvalue weighted by Gasteiger charge is 2.23. The SMILES string of the molecule is [B]N1C(=O)CCCC1CCCC(=O)O. The van der Waals surface area contributed by atoms with Gasteiger partial charge in [0.15, 0.2) is 0 Å². The smallest absolute Gasteiger partial charge is 0.303 e. The lowest BCUT2D eigenvalue weighted by atomic mass is 9.94. The maximum atomic E-state index is 11.2. The molecule has 0 bridgehead atoms. The van der Waals surface area contributed by atoms with Crippen molar-refractivity contribution in [2.24, 2.45) is 0 Å². The van der Waals surface area contributed by atoms with Gasteiger partial charge in [0.25, 0.3) is 0 Å². The van der Waals surface area contributed by atoms with Gasteiger partial charge in [-0.1, -0.05) is 0 Å². The van der Waals surface area contributed by atoms with Crippen molar-refractivity contribution in [3.8, 4) is 0 Å². The molecule has 1 amide bonds. The molecule has 14 heavy (non-hydrogen) atoms. The van der Waals surface area contributed by atoms with E-state index in [1.54, 1.807) is 0 Å². The van der Waals surface area contributed by atoms with Crippen molar-refractivity contribution in [1.82, 2.24) is 4.81 Å². The van der Waals surface area contributed by atoms with Crippen LogP contribution in [0.5, 0.6) is 0 Å². The van der Waals surface area contributed by atoms with Crippen molar-refractivity contribution in [2.45, 2.75) is 44.6 Å². The molecule has 0 aromatic heterocycles. The van der Waals surface area contributed by atoms with E-state index in [4.69, 9.17) is 13.1 Å². The minimum atomic E-state index is -0.796. The number of hydrogen-bond acceptors (Lipinski definition) is 2. The predicted octanol–water partition coefficient (Wildman–Crippen LogP) is 0.706. The van der Waals surface area contributed by atoms with Gasteiger partial charge < -0.3 is 9.92 Å². The van der Waals surface area contributed by atoms with E-state index in [1.807, 2.05) is 0 Å². The molecule has 1 aliphatic rings. The number of nitrogens with zero attached hydrogens (tertiary/aromatic N) is 1. The third-order valence-corrected chi connectivity index (χ3v) is 2.54. The predicted molar refractivity (Wildman–Crippen MR) is 51.7 cm³/mol. The van der Waals surface area contributed by atoms with E-state index in [0.29, 0.717) is 19.3 Å². The molecule has 1 saturated heterocycles. The molecule has 4 nitrogen and oxygen atoms in total. The van der Waals surface area contributed by atoms with Gasteiger partial charge >= 0.3 is 5.97 Å². The van der Waals surface area contributed by atoms with Gasteiger partial charge in [-0.15, -0.1) is 0 Å². The van der Waals surface area contributed by atoms with Crippen LogP contribution < -0.4 is 0 Å². The van der Waals surface area contributed by atoms with Gasteiger partial charge in [0.05, 0.1) is 0 Å². The topological polar surface area (TPSA) is 57.6 Å². The molecule has 1 rings (SSSR count). The van der Waals surface area contributed by atoms with Crippen LogP contribution in [-0.2, 0) is 9.59 Å². The Morgan fingerprint density at radius 2 is 2.36 bits per heavy atom. The largest absolute Gasteiger partial charge is 0.481 e. The maximum absolute atomic E-state index is 11.2. The van der Waals surface area contributed by atoms with Gasteiger partial charge in [-0.3, -0.25) is 9.59 Å². The lowest BCUT2D eigenvalue weighted by Gasteiger charge is -2.33. The van der Waals surface area contributed by atoms with Crippen LogP contribution >= 0.6 is 0 Å². The zero-order valence-electron chi connectivity index (χ0n) is 8.11. The number of piperidine rings is 1. The van der Waals surface area contributed by atoms with Gasteiger partial charge in [-0.2, -0.15) is 0 Å². The van der Waals surface area contributed by atoms with Crippen LogP contribution in [0.15, 0.2) is 0 Å². The molecule has 1 atom stereocenters. The standard InChI is InChI=1S/C9H14BNO3/c10-11-7(3-1-5-8(11)12)4-2-6-9(13)14/h7H,1-6H2,(H,13,14). The quantitative estimate of drug-likeness (QED) is 0.672. The molecule has 2 radical (unpaired) electrons. The highest BCUT2D eigenvalue weighted by Crippen LogP contribution is 2.20. The van der Waals surface area contributed by atoms with Crippen molar-refractivity contribution in [3.05, 3.63) is 0 Å². The molecule has 0 aromatic carbocycles. The molecule has 1 aliphatic heterocycles. The molecule has 0 spiro atoms. The zero-order chi connectivity index (χ0) is 10.6. The second-order valence-corrected chi connectivity index (χ2v) is 3.63. The first-order valence-electron chi connectivity index (χ1n) is 4.90. The van der Waals surface area contributed by atoms with Crippen LogP contribution in [0, 0.1) is 0 Å². The zero-order valence-corrected chi connectivity index (χ0v) is 8.11. The van der Waals surface area contributed by atoms with Crippen LogP contribution in [0.3, 0.4) is 0 Å². The average molecular weight is 195 g/mol. The Morgan fingerprint density at radius 3 is 3.00 bits per heavy atom. The second-order valence-electron chi connectivity index (χ2n) is 3.63. The first kappa shape index (κ1) is 11.1. The number of rotatable bonds is 4. The van der Waals surface area contributed by atoms with E-state index in [2.05, 4.69) is 0 Å². The third-order valence-electron chi connectivity index (χ3n) is 2.54. The second kappa shape index (κ2) is 5.03. The Hall–Kier alpha value is -0.995. The van der Waals surface area contributed by atoms with Crippen molar-refractivity contribution < 1.29 is 14.7 Å². The number of amides is 1. The van der Waals surface area contributed by atoms with E-state index in [1.165, 1.54) is 4.81 Å². The molecule has 0 saturated carbocycles. The summed E-state index contributed by atoms with van der Waals surface area (Å²) in [4.78, 5) is 22.7. The number of carboxylic acid groups (broad SMARTS) is 1. The van der Waals surface area contributed by atoms with Crippen molar-refractivity contribution in [1.29, 1.82) is 0 Å². The van der Waals surface area contributed by atoms with Crippen molar-refractivity contribution in [3.63, 3.8) is 0 Å². The van der Waals surface area contributed by atoms with Gasteiger partial charge in [-0.05, 0) is 25.7 Å². The summed E-state index contributed by atoms with van der Waals surface area (Å²) in [5.41, 5.74) is 0. The van der Waals surface area contributed by atoms with Crippen LogP contribution in [0.4, 0.5) is 0 Å². The van der Waals surface area contributed by atoms with Gasteiger partial charge in [-0.25, -0.2) is 0 Å². The molecular formula is C9H14BNO3. The Kier molecular flexibility index (Phi) is 3.98. The first-order chi connectivity index (χ1) is 6.61. The number of carbonyl (C=O) groups excluding carboxylic acids is 1. The van der Waals surface area contributed by atoms with Crippen molar-refractivity contribution >= 4 is 19.9 Å². The van der Waals surface area contributed by atoms with Crippen LogP contribution in [0.1, 0.15) is 38.5 Å². The molecule has 1 fully saturated rings. The average Bonchev–Trinajstić information content (AvgIpc) is 2.12. The van der Waals surface area contributed by atoms with Gasteiger partial charge in [0.1, 0.15) is 0 Å². The first-order valence-corrected chi connectivity index (χ1v) is 4.90. The summed E-state index contributed by atoms with van der Waals surface area (Å²) in [6.45, 7) is 0. The summed E-state index contributed by atoms with van der Waals surface area (Å²) in [5, 5.41) is 8.45. The fourth-order valence-corrected chi connectivity index (χ4v) is 1.73. The minimum Gasteiger partial charge on any atom is -0.481 e. The van der Waals surface area contributed by atoms with Crippen LogP contribution in [0.25, 0.3) is 0 Å². The van der Waals surface area contributed by atoms with Gasteiger partial charge in [0.2, 0.25) is 13.9 Å². The number of hydrogen-bond donors (Lipinski definition) is 1. The Morgan fingerprint density at radius 1 is 1.64 bits per heavy atom. The number of aliphatic carboxylic acids is 1. The fourth-order valence-electron chi connectivity index (χ4n) is 1.73. The highest BCUT2D eigenvalue weighted by molar-refractivity contribution is 6.14. The summed E-state index contributed by atoms with van der Waals surface area (Å²) in [7, 11) is 5.58. The summed E-state index contributed by atoms with van der Waals surface area (Å²) >= 11 is 0. The molecule has 1 unspecified atom stereocenters. The monoisotopic (exact) mass is 195 g/mol. The molecule has 1 heterocycles. The Bertz CT molecular complexity index is 232. The maximum Gasteiger partial charge on any atom is 0.303 e. The summed E-state index contributed by atoms with van der Waals surface area (Å²) in [6, 6.07) is 0.0376. The van der Waals surface area contributed by atoms with E-state index >= 15 is 0 Å². The van der Waals surface area contributed by atoms with Gasteiger partial charge in [0, 0.05) is 18.9 Å². The molecule has 76 valence electrons. The summed E-state index contributed by atoms with van der Waals surface area (Å²) in [5.74, 6) is -0.827. The van der Waals surface area contributed by atoms with E-state index in [0.717, 1.165) is 12.8 Å². The normalized spacial score (nSPS) is 22.4. The lowest BCUT2D eigenvalue weighted by molar-refractivity contribution is -0.137. The Labute approximate surface area is 84.7 Å². The van der Waals surface area contributed by atoms with E-state index < -0.39 is 5.97 Å². The molecule has 0 aromatic rings. The Balaban J connectivity index is 2.29. The summed E-state index contributed by atoms with van der Waals surface area (Å²) < 4.78 is 0. The van der Waals surface area contributed by atoms with Crippen molar-refractivity contribution in [2.75, 3.05) is 0 Å². The number of carboxylic acids is 1. The van der Waals surface area contributed by atoms with Crippen LogP contribution in [0.2, 0.25) is 0 Å². The lowest BCUT2D eigenvalue weighted by Crippen LogP contribution is -2.41. The molecule has 1 N–H and O–H groups in total. The van der Waals surface area contributed by atoms with E-state index in [-0.39, 0.29) is 18.4 Å². The minimum absolute atomic E-state index is 0.0309.